The molecule has 1 aromatic heterocycles. The number of thioether (sulfide) groups is 2. The largest absolute Gasteiger partial charge is 0.388 e. The Morgan fingerprint density at radius 1 is 0.976 bits per heavy atom. The van der Waals surface area contributed by atoms with Gasteiger partial charge in [-0.2, -0.15) is 0 Å². The predicted molar refractivity (Wildman–Crippen MR) is 161 cm³/mol. The topological polar surface area (TPSA) is 123 Å². The summed E-state index contributed by atoms with van der Waals surface area (Å²) in [7, 11) is 1.58. The average Bonchev–Trinajstić information content (AvgIpc) is 3.57. The lowest BCUT2D eigenvalue weighted by Crippen LogP contribution is -2.71. The van der Waals surface area contributed by atoms with Crippen molar-refractivity contribution in [3.63, 3.8) is 0 Å². The third-order valence-corrected chi connectivity index (χ3v) is 11.2. The molecular weight excluding hydrogens is 560 g/mol. The summed E-state index contributed by atoms with van der Waals surface area (Å²) in [6.07, 6.45) is 0.220. The lowest BCUT2D eigenvalue weighted by molar-refractivity contribution is -0.160. The van der Waals surface area contributed by atoms with Crippen LogP contribution in [0.25, 0.3) is 10.9 Å². The number of ketones is 2. The maximum atomic E-state index is 14.5. The van der Waals surface area contributed by atoms with E-state index in [1.165, 1.54) is 30.5 Å². The number of Topliss-reactive ketones (excluding diaryl/α,β-unsaturated/α-hetero) is 2. The number of carbonyl (C=O) groups excluding carboxylic acids is 4. The molecule has 4 heterocycles. The number of fused-ring (bicyclic) bond motifs is 6. The molecule has 214 valence electrons. The highest BCUT2D eigenvalue weighted by Crippen LogP contribution is 2.63. The molecule has 3 aromatic rings. The van der Waals surface area contributed by atoms with Crippen LogP contribution < -0.4 is 5.32 Å². The highest BCUT2D eigenvalue weighted by atomic mass is 32.2. The smallest absolute Gasteiger partial charge is 0.263 e. The quantitative estimate of drug-likeness (QED) is 0.346. The van der Waals surface area contributed by atoms with Gasteiger partial charge in [0.1, 0.15) is 23.8 Å². The van der Waals surface area contributed by atoms with Gasteiger partial charge in [-0.1, -0.05) is 36.4 Å². The number of rotatable bonds is 9. The molecule has 2 fully saturated rings. The molecule has 11 heteroatoms. The number of aromatic amines is 1. The molecule has 41 heavy (non-hydrogen) atoms. The van der Waals surface area contributed by atoms with Crippen molar-refractivity contribution in [2.45, 2.75) is 54.6 Å². The molecule has 5 atom stereocenters. The number of piperazine rings is 1. The zero-order valence-electron chi connectivity index (χ0n) is 23.0. The summed E-state index contributed by atoms with van der Waals surface area (Å²) in [4.78, 5) is 57.3. The minimum atomic E-state index is -1.68. The fraction of sp³-hybridized carbons (Fsp3) is 0.400. The number of amides is 2. The summed E-state index contributed by atoms with van der Waals surface area (Å²) in [5, 5.41) is 16.3. The van der Waals surface area contributed by atoms with E-state index < -0.39 is 33.8 Å². The van der Waals surface area contributed by atoms with Gasteiger partial charge >= 0.3 is 0 Å². The van der Waals surface area contributed by atoms with Crippen LogP contribution in [0.5, 0.6) is 0 Å². The highest BCUT2D eigenvalue weighted by molar-refractivity contribution is 8.01. The number of hydrogen-bond donors (Lipinski definition) is 3. The first-order valence-electron chi connectivity index (χ1n) is 13.6. The summed E-state index contributed by atoms with van der Waals surface area (Å²) < 4.78 is 0. The van der Waals surface area contributed by atoms with Crippen molar-refractivity contribution in [1.82, 2.24) is 14.8 Å². The van der Waals surface area contributed by atoms with Crippen molar-refractivity contribution < 1.29 is 24.3 Å². The first kappa shape index (κ1) is 27.9. The maximum absolute atomic E-state index is 14.5. The van der Waals surface area contributed by atoms with Gasteiger partial charge in [-0.15, -0.1) is 23.5 Å². The lowest BCUT2D eigenvalue weighted by atomic mass is 9.70. The molecule has 5 unspecified atom stereocenters. The zero-order valence-corrected chi connectivity index (χ0v) is 24.7. The number of nitrogens with zero attached hydrogens (tertiary/aromatic N) is 2. The number of carbonyl (C=O) groups is 4. The van der Waals surface area contributed by atoms with E-state index in [9.17, 15) is 24.3 Å². The number of hydrogen-bond acceptors (Lipinski definition) is 8. The Bertz CT molecular complexity index is 1570. The molecular formula is C30H32N4O5S2. The van der Waals surface area contributed by atoms with Gasteiger partial charge in [0.15, 0.2) is 10.2 Å². The fourth-order valence-electron chi connectivity index (χ4n) is 6.64. The number of aliphatic hydroxyl groups is 1. The Morgan fingerprint density at radius 3 is 2.41 bits per heavy atom. The number of likely N-dealkylation sites (N-methyl/N-ethyl adjacent to an activating group) is 1. The number of aliphatic hydroxyl groups excluding tert-OH is 1. The van der Waals surface area contributed by atoms with E-state index in [-0.39, 0.29) is 36.1 Å². The van der Waals surface area contributed by atoms with Gasteiger partial charge in [0.25, 0.3) is 11.8 Å². The van der Waals surface area contributed by atoms with Crippen LogP contribution in [0, 0.1) is 0 Å². The average molecular weight is 593 g/mol. The van der Waals surface area contributed by atoms with Crippen molar-refractivity contribution in [1.29, 1.82) is 0 Å². The molecule has 0 bridgehead atoms. The van der Waals surface area contributed by atoms with Crippen LogP contribution in [0.2, 0.25) is 0 Å². The minimum Gasteiger partial charge on any atom is -0.388 e. The number of para-hydroxylation sites is 2. The van der Waals surface area contributed by atoms with E-state index in [1.807, 2.05) is 54.7 Å². The van der Waals surface area contributed by atoms with Crippen molar-refractivity contribution >= 4 is 63.5 Å². The SMILES string of the molecule is CC(=O)CCSC1C(=O)N2C3Nc4ccccc4C3(c3c[nH]c4ccccc34)C(O)C2(SCCC(C)=O)C(=O)N1C. The maximum Gasteiger partial charge on any atom is 0.263 e. The first-order chi connectivity index (χ1) is 19.7. The molecule has 0 saturated carbocycles. The molecule has 3 N–H and O–H groups in total. The fourth-order valence-corrected chi connectivity index (χ4v) is 9.49. The second-order valence-electron chi connectivity index (χ2n) is 10.9. The van der Waals surface area contributed by atoms with Crippen molar-refractivity contribution in [3.8, 4) is 0 Å². The van der Waals surface area contributed by atoms with E-state index in [2.05, 4.69) is 10.3 Å². The third-order valence-electron chi connectivity index (χ3n) is 8.48. The molecule has 0 aliphatic carbocycles. The number of aromatic nitrogens is 1. The van der Waals surface area contributed by atoms with Gasteiger partial charge in [-0.25, -0.2) is 0 Å². The first-order valence-corrected chi connectivity index (χ1v) is 15.6. The molecule has 3 aliphatic heterocycles. The van der Waals surface area contributed by atoms with Crippen LogP contribution in [-0.2, 0) is 24.6 Å². The van der Waals surface area contributed by atoms with Crippen LogP contribution >= 0.6 is 23.5 Å². The van der Waals surface area contributed by atoms with E-state index in [4.69, 9.17) is 0 Å². The summed E-state index contributed by atoms with van der Waals surface area (Å²) in [5.74, 6) is -0.101. The number of nitrogens with one attached hydrogen (secondary N) is 2. The monoisotopic (exact) mass is 592 g/mol. The van der Waals surface area contributed by atoms with E-state index >= 15 is 0 Å². The molecule has 9 nitrogen and oxygen atoms in total. The molecule has 6 rings (SSSR count). The Balaban J connectivity index is 1.57. The second-order valence-corrected chi connectivity index (χ2v) is 13.4. The number of anilines is 1. The van der Waals surface area contributed by atoms with Crippen LogP contribution in [-0.4, -0.2) is 84.3 Å². The Hall–Kier alpha value is -3.28. The van der Waals surface area contributed by atoms with Crippen LogP contribution in [0.3, 0.4) is 0 Å². The van der Waals surface area contributed by atoms with Crippen molar-refractivity contribution in [3.05, 3.63) is 65.9 Å². The van der Waals surface area contributed by atoms with E-state index in [1.54, 1.807) is 11.9 Å². The van der Waals surface area contributed by atoms with Gasteiger partial charge in [-0.05, 0) is 37.1 Å². The van der Waals surface area contributed by atoms with E-state index in [0.717, 1.165) is 39.5 Å². The van der Waals surface area contributed by atoms with E-state index in [0.29, 0.717) is 5.75 Å². The van der Waals surface area contributed by atoms with Gasteiger partial charge < -0.3 is 20.3 Å². The standard InChI is InChI=1S/C30H32N4O5S2/c1-17(35)12-14-40-25-24(37)34-27-29(20-9-5-7-11-23(20)32-27,21-16-31-22-10-6-4-8-19(21)22)26(38)30(34,28(39)33(25)3)41-15-13-18(2)36/h4-11,16,25-27,31-32,38H,12-15H2,1-3H3. The number of benzene rings is 2. The predicted octanol–water partition coefficient (Wildman–Crippen LogP) is 3.33. The molecule has 0 radical (unpaired) electrons. The molecule has 0 spiro atoms. The summed E-state index contributed by atoms with van der Waals surface area (Å²) in [5.41, 5.74) is 2.05. The molecule has 2 amide bonds. The summed E-state index contributed by atoms with van der Waals surface area (Å²) >= 11 is 2.41. The molecule has 3 aliphatic rings. The third kappa shape index (κ3) is 3.89. The van der Waals surface area contributed by atoms with Gasteiger partial charge in [0, 0.05) is 54.2 Å². The normalized spacial score (nSPS) is 28.4. The Kier molecular flexibility index (Phi) is 6.94. The Morgan fingerprint density at radius 2 is 1.66 bits per heavy atom. The lowest BCUT2D eigenvalue weighted by Gasteiger charge is -2.49. The minimum absolute atomic E-state index is 0.00623. The van der Waals surface area contributed by atoms with Crippen LogP contribution in [0.4, 0.5) is 5.69 Å². The highest BCUT2D eigenvalue weighted by Gasteiger charge is 2.77. The van der Waals surface area contributed by atoms with Gasteiger partial charge in [0.2, 0.25) is 0 Å². The van der Waals surface area contributed by atoms with Crippen molar-refractivity contribution in [2.75, 3.05) is 23.9 Å². The van der Waals surface area contributed by atoms with Gasteiger partial charge in [0.05, 0.1) is 5.41 Å². The zero-order chi connectivity index (χ0) is 29.1. The molecule has 2 aromatic carbocycles. The Labute approximate surface area is 246 Å². The summed E-state index contributed by atoms with van der Waals surface area (Å²) in [6, 6.07) is 15.4. The second kappa shape index (κ2) is 10.2. The van der Waals surface area contributed by atoms with Gasteiger partial charge in [-0.3, -0.25) is 24.1 Å². The summed E-state index contributed by atoms with van der Waals surface area (Å²) in [6.45, 7) is 2.99. The van der Waals surface area contributed by atoms with Crippen LogP contribution in [0.1, 0.15) is 37.8 Å². The number of H-pyrrole nitrogens is 1. The van der Waals surface area contributed by atoms with Crippen molar-refractivity contribution in [2.24, 2.45) is 0 Å². The van der Waals surface area contributed by atoms with Crippen LogP contribution in [0.15, 0.2) is 54.7 Å². The molecule has 2 saturated heterocycles.